The van der Waals surface area contributed by atoms with Crippen LogP contribution in [0.4, 0.5) is 0 Å². The molecule has 1 saturated heterocycles. The van der Waals surface area contributed by atoms with E-state index in [-0.39, 0.29) is 36.0 Å². The average Bonchev–Trinajstić information content (AvgIpc) is 2.67. The molecule has 1 rings (SSSR count). The summed E-state index contributed by atoms with van der Waals surface area (Å²) in [4.78, 5) is 35.8. The fourth-order valence-electron chi connectivity index (χ4n) is 3.19. The zero-order valence-electron chi connectivity index (χ0n) is 18.0. The van der Waals surface area contributed by atoms with Gasteiger partial charge in [0.05, 0.1) is 13.2 Å². The molecular formula is C22H34O7. The van der Waals surface area contributed by atoms with Crippen molar-refractivity contribution in [3.05, 3.63) is 23.5 Å². The summed E-state index contributed by atoms with van der Waals surface area (Å²) in [6.45, 7) is 7.43. The molecule has 0 aromatic rings. The zero-order valence-corrected chi connectivity index (χ0v) is 18.0. The third-order valence-electron chi connectivity index (χ3n) is 5.38. The van der Waals surface area contributed by atoms with Crippen LogP contribution in [0.1, 0.15) is 59.8 Å². The van der Waals surface area contributed by atoms with Gasteiger partial charge in [-0.05, 0) is 31.6 Å². The second-order valence-electron chi connectivity index (χ2n) is 7.90. The molecule has 0 radical (unpaired) electrons. The van der Waals surface area contributed by atoms with Crippen molar-refractivity contribution in [2.75, 3.05) is 7.11 Å². The van der Waals surface area contributed by atoms with E-state index in [0.717, 1.165) is 6.42 Å². The molecule has 1 aliphatic heterocycles. The number of esters is 2. The van der Waals surface area contributed by atoms with Crippen LogP contribution in [0.25, 0.3) is 0 Å². The maximum atomic E-state index is 12.0. The molecule has 164 valence electrons. The number of aliphatic hydroxyl groups is 2. The number of hydrogen-bond acceptors (Lipinski definition) is 7. The van der Waals surface area contributed by atoms with Crippen LogP contribution in [0, 0.1) is 17.8 Å². The Bertz CT molecular complexity index is 630. The largest absolute Gasteiger partial charge is 0.511 e. The molecule has 0 saturated carbocycles. The van der Waals surface area contributed by atoms with E-state index in [4.69, 9.17) is 9.47 Å². The molecule has 0 amide bonds. The summed E-state index contributed by atoms with van der Waals surface area (Å²) in [7, 11) is 1.30. The number of rotatable bonds is 10. The SMILES string of the molecule is CC[C@H](C)[C@@H](O)[C@@H](/C=C/C[C@H](C)CC/C(O)=C1/[13C](=[18O])C[13C@@H](C)[18O][13C]1=[18O])C(=O)OC. The Morgan fingerprint density at radius 3 is 2.59 bits per heavy atom. The first kappa shape index (κ1) is 24.9. The average molecular weight is 419 g/mol. The maximum Gasteiger partial charge on any atom is 0.345 e. The molecule has 5 atom stereocenters. The van der Waals surface area contributed by atoms with Crippen LogP contribution in [-0.2, 0) is 23.9 Å². The summed E-state index contributed by atoms with van der Waals surface area (Å²) < 4.78 is 9.81. The number of carbonyl (C=O) groups is 3. The lowest BCUT2D eigenvalue weighted by molar-refractivity contribution is -0.150. The van der Waals surface area contributed by atoms with Gasteiger partial charge in [0, 0.05) is 12.8 Å². The molecule has 1 fully saturated rings. The number of carbonyl (C=O) groups excluding carboxylic acids is 3. The van der Waals surface area contributed by atoms with Crippen molar-refractivity contribution in [2.24, 2.45) is 17.8 Å². The van der Waals surface area contributed by atoms with E-state index in [1.807, 2.05) is 26.8 Å². The van der Waals surface area contributed by atoms with Gasteiger partial charge in [0.2, 0.25) is 0 Å². The van der Waals surface area contributed by atoms with Crippen LogP contribution >= 0.6 is 0 Å². The van der Waals surface area contributed by atoms with Crippen molar-refractivity contribution >= 4 is 17.7 Å². The molecule has 7 nitrogen and oxygen atoms in total. The number of Topliss-reactive ketones (excluding diaryl/α,β-unsaturated/α-hetero) is 1. The smallest absolute Gasteiger partial charge is 0.345 e. The Morgan fingerprint density at radius 2 is 2.03 bits per heavy atom. The van der Waals surface area contributed by atoms with E-state index in [0.29, 0.717) is 12.8 Å². The van der Waals surface area contributed by atoms with Gasteiger partial charge < -0.3 is 19.7 Å². The van der Waals surface area contributed by atoms with E-state index in [1.165, 1.54) is 7.11 Å². The zero-order chi connectivity index (χ0) is 22.1. The minimum absolute atomic E-state index is 0.0414. The van der Waals surface area contributed by atoms with Gasteiger partial charge in [-0.3, -0.25) is 9.59 Å². The van der Waals surface area contributed by atoms with Gasteiger partial charge in [0.1, 0.15) is 23.4 Å². The summed E-state index contributed by atoms with van der Waals surface area (Å²) >= 11 is 0. The molecule has 0 bridgehead atoms. The fraction of sp³-hybridized carbons (Fsp3) is 0.682. The topological polar surface area (TPSA) is 110 Å². The number of hydrogen-bond donors (Lipinski definition) is 2. The first-order valence-corrected chi connectivity index (χ1v) is 10.2. The number of aliphatic hydroxyl groups excluding tert-OH is 2. The molecule has 1 aliphatic rings. The van der Waals surface area contributed by atoms with Crippen LogP contribution in [0.2, 0.25) is 0 Å². The van der Waals surface area contributed by atoms with Gasteiger partial charge in [-0.2, -0.15) is 0 Å². The predicted molar refractivity (Wildman–Crippen MR) is 108 cm³/mol. The van der Waals surface area contributed by atoms with E-state index in [9.17, 15) is 24.6 Å². The van der Waals surface area contributed by atoms with Gasteiger partial charge in [-0.25, -0.2) is 4.79 Å². The number of ether oxygens (including phenoxy) is 2. The highest BCUT2D eigenvalue weighted by molar-refractivity contribution is 6.19. The van der Waals surface area contributed by atoms with Crippen molar-refractivity contribution in [3.8, 4) is 0 Å². The molecule has 29 heavy (non-hydrogen) atoms. The summed E-state index contributed by atoms with van der Waals surface area (Å²) in [6.07, 6.45) is 4.37. The molecular weight excluding hydrogens is 385 g/mol. The summed E-state index contributed by atoms with van der Waals surface area (Å²) in [5, 5.41) is 20.5. The molecule has 2 N–H and O–H groups in total. The van der Waals surface area contributed by atoms with Crippen LogP contribution in [0.5, 0.6) is 0 Å². The Hall–Kier alpha value is -2.15. The highest BCUT2D eigenvalue weighted by Crippen LogP contribution is 2.24. The summed E-state index contributed by atoms with van der Waals surface area (Å²) in [5.41, 5.74) is -0.242. The number of cyclic esters (lactones) is 1. The van der Waals surface area contributed by atoms with Crippen molar-refractivity contribution in [1.82, 2.24) is 0 Å². The monoisotopic (exact) mass is 419 g/mol. The summed E-state index contributed by atoms with van der Waals surface area (Å²) in [6, 6.07) is 0. The Labute approximate surface area is 172 Å². The Kier molecular flexibility index (Phi) is 10.1. The predicted octanol–water partition coefficient (Wildman–Crippen LogP) is 3.26. The molecule has 7 heteroatoms. The fourth-order valence-corrected chi connectivity index (χ4v) is 3.19. The first-order chi connectivity index (χ1) is 13.6. The Morgan fingerprint density at radius 1 is 1.38 bits per heavy atom. The van der Waals surface area contributed by atoms with E-state index < -0.39 is 35.8 Å². The lowest BCUT2D eigenvalue weighted by Gasteiger charge is -2.23. The normalized spacial score (nSPS) is 23.3. The summed E-state index contributed by atoms with van der Waals surface area (Å²) in [5.74, 6) is -2.51. The minimum atomic E-state index is -0.821. The maximum absolute atomic E-state index is 12.0. The van der Waals surface area contributed by atoms with Gasteiger partial charge in [-0.15, -0.1) is 0 Å². The van der Waals surface area contributed by atoms with E-state index in [1.54, 1.807) is 13.0 Å². The number of ketones is 1. The minimum Gasteiger partial charge on any atom is -0.511 e. The first-order valence-electron chi connectivity index (χ1n) is 10.2. The van der Waals surface area contributed by atoms with Gasteiger partial charge >= 0.3 is 11.9 Å². The number of methoxy groups -OCH3 is 1. The lowest BCUT2D eigenvalue weighted by Crippen LogP contribution is -2.32. The van der Waals surface area contributed by atoms with Crippen molar-refractivity contribution in [2.45, 2.75) is 72.0 Å². The van der Waals surface area contributed by atoms with Crippen molar-refractivity contribution in [3.63, 3.8) is 0 Å². The molecule has 0 aromatic carbocycles. The van der Waals surface area contributed by atoms with E-state index in [2.05, 4.69) is 0 Å². The molecule has 0 aromatic heterocycles. The molecule has 0 aliphatic carbocycles. The second-order valence-corrected chi connectivity index (χ2v) is 7.90. The second kappa shape index (κ2) is 11.8. The van der Waals surface area contributed by atoms with Crippen LogP contribution < -0.4 is 0 Å². The molecule has 1 heterocycles. The quantitative estimate of drug-likeness (QED) is 0.106. The van der Waals surface area contributed by atoms with Crippen LogP contribution in [0.3, 0.4) is 0 Å². The van der Waals surface area contributed by atoms with Gasteiger partial charge in [0.25, 0.3) is 0 Å². The van der Waals surface area contributed by atoms with Crippen molar-refractivity contribution in [1.29, 1.82) is 0 Å². The third kappa shape index (κ3) is 7.31. The standard InChI is InChI=1S/C22H34O7/c1-6-14(3)20(25)16(21(26)28-5)9-7-8-13(2)10-11-17(23)19-18(24)12-15(4)29-22(19)27/h7,9,13-16,20,23,25H,6,8,10-12H2,1-5H3/b9-7+,19-17+/t13-,14-,15+,16+,20+/m0/s1/i15+1,18+1,22+1,24+2,27+2,29+2. The van der Waals surface area contributed by atoms with E-state index >= 15 is 0 Å². The van der Waals surface area contributed by atoms with Gasteiger partial charge in [0.15, 0.2) is 5.78 Å². The Balaban J connectivity index is 2.66. The molecule has 0 unspecified atom stereocenters. The third-order valence-corrected chi connectivity index (χ3v) is 5.38. The molecule has 0 spiro atoms. The van der Waals surface area contributed by atoms with Crippen LogP contribution in [0.15, 0.2) is 23.5 Å². The highest BCUT2D eigenvalue weighted by atomic mass is 18.4. The lowest BCUT2D eigenvalue weighted by atomic mass is 9.89. The van der Waals surface area contributed by atoms with Gasteiger partial charge in [-0.1, -0.05) is 39.3 Å². The number of allylic oxidation sites excluding steroid dienone is 2. The van der Waals surface area contributed by atoms with Crippen molar-refractivity contribution < 1.29 is 34.1 Å². The van der Waals surface area contributed by atoms with Crippen LogP contribution in [-0.4, -0.2) is 47.3 Å². The highest BCUT2D eigenvalue weighted by Gasteiger charge is 2.32.